The molecule has 2 rings (SSSR count). The fourth-order valence-corrected chi connectivity index (χ4v) is 2.01. The summed E-state index contributed by atoms with van der Waals surface area (Å²) < 4.78 is 37.8. The summed E-state index contributed by atoms with van der Waals surface area (Å²) in [6.45, 7) is -0.173. The number of benzene rings is 1. The van der Waals surface area contributed by atoms with Crippen LogP contribution in [0.2, 0.25) is 0 Å². The molecule has 1 heterocycles. The molecule has 0 aliphatic carbocycles. The van der Waals surface area contributed by atoms with Crippen LogP contribution >= 0.6 is 23.2 Å². The smallest absolute Gasteiger partial charge is 0.299 e. The van der Waals surface area contributed by atoms with E-state index in [2.05, 4.69) is 0 Å². The lowest BCUT2D eigenvalue weighted by atomic mass is 10.1. The molecule has 1 amide bonds. The van der Waals surface area contributed by atoms with Crippen LogP contribution in [-0.4, -0.2) is 18.2 Å². The molecular weight excluding hydrogens is 318 g/mol. The largest absolute Gasteiger partial charge is 0.416 e. The minimum absolute atomic E-state index is 0.0839. The van der Waals surface area contributed by atoms with Gasteiger partial charge in [0.05, 0.1) is 23.4 Å². The molecule has 0 spiro atoms. The van der Waals surface area contributed by atoms with E-state index in [-0.39, 0.29) is 22.8 Å². The predicted molar refractivity (Wildman–Crippen MR) is 67.9 cm³/mol. The minimum Gasteiger partial charge on any atom is -0.299 e. The van der Waals surface area contributed by atoms with Crippen molar-refractivity contribution in [2.75, 3.05) is 11.4 Å². The van der Waals surface area contributed by atoms with Crippen molar-refractivity contribution in [2.45, 2.75) is 6.18 Å². The van der Waals surface area contributed by atoms with Gasteiger partial charge < -0.3 is 0 Å². The number of carbonyl (C=O) groups is 2. The Bertz CT molecular complexity index is 626. The van der Waals surface area contributed by atoms with E-state index in [0.717, 1.165) is 22.6 Å². The second-order valence-corrected chi connectivity index (χ2v) is 4.71. The lowest BCUT2D eigenvalue weighted by Gasteiger charge is -2.16. The van der Waals surface area contributed by atoms with Crippen molar-refractivity contribution in [3.8, 4) is 0 Å². The Hall–Kier alpha value is -1.53. The summed E-state index contributed by atoms with van der Waals surface area (Å²) in [5.74, 6) is -1.93. The molecule has 1 aromatic carbocycles. The Morgan fingerprint density at radius 2 is 1.95 bits per heavy atom. The van der Waals surface area contributed by atoms with Crippen LogP contribution in [-0.2, 0) is 11.0 Å². The van der Waals surface area contributed by atoms with Crippen molar-refractivity contribution in [3.63, 3.8) is 0 Å². The van der Waals surface area contributed by atoms with Crippen LogP contribution in [0.4, 0.5) is 18.9 Å². The number of hydrogen-bond acceptors (Lipinski definition) is 2. The highest BCUT2D eigenvalue weighted by molar-refractivity contribution is 6.52. The van der Waals surface area contributed by atoms with Crippen molar-refractivity contribution in [3.05, 3.63) is 39.9 Å². The number of hydrogen-bond donors (Lipinski definition) is 0. The highest BCUT2D eigenvalue weighted by atomic mass is 35.5. The van der Waals surface area contributed by atoms with Crippen LogP contribution in [0.3, 0.4) is 0 Å². The van der Waals surface area contributed by atoms with E-state index in [1.807, 2.05) is 0 Å². The van der Waals surface area contributed by atoms with Gasteiger partial charge in [-0.15, -0.1) is 0 Å². The highest BCUT2D eigenvalue weighted by Crippen LogP contribution is 2.36. The van der Waals surface area contributed by atoms with E-state index in [1.54, 1.807) is 0 Å². The number of halogens is 5. The monoisotopic (exact) mass is 323 g/mol. The molecule has 1 aliphatic rings. The van der Waals surface area contributed by atoms with Crippen LogP contribution in [0.5, 0.6) is 0 Å². The van der Waals surface area contributed by atoms with E-state index in [0.29, 0.717) is 6.07 Å². The van der Waals surface area contributed by atoms with Crippen LogP contribution in [0.25, 0.3) is 0 Å². The van der Waals surface area contributed by atoms with Gasteiger partial charge in [-0.3, -0.25) is 14.5 Å². The Labute approximate surface area is 121 Å². The summed E-state index contributed by atoms with van der Waals surface area (Å²) in [4.78, 5) is 24.4. The third-order valence-corrected chi connectivity index (χ3v) is 3.33. The van der Waals surface area contributed by atoms with E-state index < -0.39 is 23.4 Å². The van der Waals surface area contributed by atoms with Crippen molar-refractivity contribution >= 4 is 40.6 Å². The van der Waals surface area contributed by atoms with Crippen LogP contribution in [0.15, 0.2) is 28.8 Å². The number of ketones is 1. The molecule has 106 valence electrons. The molecule has 0 unspecified atom stereocenters. The zero-order chi connectivity index (χ0) is 15.1. The van der Waals surface area contributed by atoms with Crippen LogP contribution in [0.1, 0.15) is 15.9 Å². The number of alkyl halides is 3. The Morgan fingerprint density at radius 3 is 2.50 bits per heavy atom. The maximum atomic E-state index is 12.6. The molecule has 0 N–H and O–H groups in total. The molecule has 0 saturated heterocycles. The SMILES string of the molecule is O=C1C(=O)N(C/C(Cl)=C/Cl)c2ccc(C(F)(F)F)cc21. The maximum absolute atomic E-state index is 12.6. The molecule has 0 saturated carbocycles. The lowest BCUT2D eigenvalue weighted by Crippen LogP contribution is -2.30. The molecule has 1 aromatic rings. The summed E-state index contributed by atoms with van der Waals surface area (Å²) in [7, 11) is 0. The fourth-order valence-electron chi connectivity index (χ4n) is 1.82. The molecule has 0 atom stereocenters. The molecule has 8 heteroatoms. The summed E-state index contributed by atoms with van der Waals surface area (Å²) in [5, 5.41) is 0.0839. The van der Waals surface area contributed by atoms with Gasteiger partial charge in [-0.2, -0.15) is 13.2 Å². The van der Waals surface area contributed by atoms with Crippen LogP contribution < -0.4 is 4.90 Å². The predicted octanol–water partition coefficient (Wildman–Crippen LogP) is 3.55. The third kappa shape index (κ3) is 2.53. The molecular formula is C12H6Cl2F3NO2. The average Bonchev–Trinajstić information content (AvgIpc) is 2.62. The summed E-state index contributed by atoms with van der Waals surface area (Å²) in [6, 6.07) is 2.53. The standard InChI is InChI=1S/C12H6Cl2F3NO2/c13-4-7(14)5-18-9-2-1-6(12(15,16)17)3-8(9)10(19)11(18)20/h1-4H,5H2/b7-4-. The lowest BCUT2D eigenvalue weighted by molar-refractivity contribution is -0.137. The molecule has 0 radical (unpaired) electrons. The third-order valence-electron chi connectivity index (χ3n) is 2.73. The molecule has 20 heavy (non-hydrogen) atoms. The van der Waals surface area contributed by atoms with Crippen LogP contribution in [0, 0.1) is 0 Å². The van der Waals surface area contributed by atoms with E-state index in [1.165, 1.54) is 0 Å². The molecule has 1 aliphatic heterocycles. The number of amides is 1. The Morgan fingerprint density at radius 1 is 1.30 bits per heavy atom. The molecule has 0 fully saturated rings. The van der Waals surface area contributed by atoms with Crippen molar-refractivity contribution in [1.82, 2.24) is 0 Å². The molecule has 0 aromatic heterocycles. The summed E-state index contributed by atoms with van der Waals surface area (Å²) in [5.41, 5.74) is -0.173. The van der Waals surface area contributed by atoms with E-state index >= 15 is 0 Å². The number of Topliss-reactive ketones (excluding diaryl/α,β-unsaturated/α-hetero) is 1. The van der Waals surface area contributed by atoms with Crippen molar-refractivity contribution in [2.24, 2.45) is 0 Å². The first-order valence-corrected chi connectivity index (χ1v) is 6.09. The van der Waals surface area contributed by atoms with Gasteiger partial charge in [0.25, 0.3) is 11.7 Å². The minimum atomic E-state index is -4.58. The fraction of sp³-hybridized carbons (Fsp3) is 0.167. The zero-order valence-electron chi connectivity index (χ0n) is 9.67. The van der Waals surface area contributed by atoms with Gasteiger partial charge in [0.1, 0.15) is 0 Å². The molecule has 3 nitrogen and oxygen atoms in total. The van der Waals surface area contributed by atoms with Crippen molar-refractivity contribution < 1.29 is 22.8 Å². The number of nitrogens with zero attached hydrogens (tertiary/aromatic N) is 1. The summed E-state index contributed by atoms with van der Waals surface area (Å²) >= 11 is 11.0. The average molecular weight is 324 g/mol. The summed E-state index contributed by atoms with van der Waals surface area (Å²) in [6.07, 6.45) is -4.58. The van der Waals surface area contributed by atoms with Gasteiger partial charge >= 0.3 is 6.18 Å². The second-order valence-electron chi connectivity index (χ2n) is 4.01. The molecule has 0 bridgehead atoms. The quantitative estimate of drug-likeness (QED) is 0.780. The first kappa shape index (κ1) is 14.9. The zero-order valence-corrected chi connectivity index (χ0v) is 11.2. The first-order chi connectivity index (χ1) is 9.25. The first-order valence-electron chi connectivity index (χ1n) is 5.28. The van der Waals surface area contributed by atoms with Gasteiger partial charge in [-0.05, 0) is 18.2 Å². The Balaban J connectivity index is 2.47. The Kier molecular flexibility index (Phi) is 3.80. The second kappa shape index (κ2) is 5.10. The number of anilines is 1. The van der Waals surface area contributed by atoms with Gasteiger partial charge in [-0.25, -0.2) is 0 Å². The number of rotatable bonds is 2. The van der Waals surface area contributed by atoms with Crippen molar-refractivity contribution in [1.29, 1.82) is 0 Å². The maximum Gasteiger partial charge on any atom is 0.416 e. The normalized spacial score (nSPS) is 15.8. The highest BCUT2D eigenvalue weighted by Gasteiger charge is 2.39. The van der Waals surface area contributed by atoms with Gasteiger partial charge in [0, 0.05) is 10.6 Å². The van der Waals surface area contributed by atoms with Gasteiger partial charge in [0.15, 0.2) is 0 Å². The topological polar surface area (TPSA) is 37.4 Å². The van der Waals surface area contributed by atoms with Gasteiger partial charge in [-0.1, -0.05) is 23.2 Å². The van der Waals surface area contributed by atoms with E-state index in [4.69, 9.17) is 23.2 Å². The van der Waals surface area contributed by atoms with Gasteiger partial charge in [0.2, 0.25) is 0 Å². The number of carbonyl (C=O) groups excluding carboxylic acids is 2. The van der Waals surface area contributed by atoms with E-state index in [9.17, 15) is 22.8 Å². The number of fused-ring (bicyclic) bond motifs is 1.